The standard InChI is InChI=1S/C37H52N2OSi2/c1-29-27-39(30(2)26-38(29)28-32-15-12-11-13-16-32)36(33-21-19-31(20-22-33)23-24-41(6,7)8)34-17-14-18-35(25-34)40-42(9,10)37(3,4)5/h11-22,25,29-30,36H,26-28H2,1-10H3/t29-,30+,36-/m1/s1. The molecule has 0 unspecified atom stereocenters. The molecule has 1 fully saturated rings. The van der Waals surface area contributed by atoms with Crippen LogP contribution >= 0.6 is 0 Å². The lowest BCUT2D eigenvalue weighted by Crippen LogP contribution is -2.56. The summed E-state index contributed by atoms with van der Waals surface area (Å²) >= 11 is 0. The van der Waals surface area contributed by atoms with Crippen LogP contribution in [0.1, 0.15) is 62.9 Å². The van der Waals surface area contributed by atoms with E-state index in [1.807, 2.05) is 0 Å². The third-order valence-electron chi connectivity index (χ3n) is 8.88. The van der Waals surface area contributed by atoms with Gasteiger partial charge in [-0.1, -0.05) is 101 Å². The molecule has 1 saturated heterocycles. The summed E-state index contributed by atoms with van der Waals surface area (Å²) in [6.45, 7) is 26.2. The highest BCUT2D eigenvalue weighted by atomic mass is 28.4. The van der Waals surface area contributed by atoms with Crippen LogP contribution in [0.5, 0.6) is 5.75 Å². The van der Waals surface area contributed by atoms with Crippen LogP contribution in [0, 0.1) is 11.5 Å². The van der Waals surface area contributed by atoms with Crippen LogP contribution in [0.25, 0.3) is 0 Å². The molecular formula is C37H52N2OSi2. The van der Waals surface area contributed by atoms with E-state index in [-0.39, 0.29) is 11.1 Å². The fraction of sp³-hybridized carbons (Fsp3) is 0.459. The van der Waals surface area contributed by atoms with E-state index in [0.29, 0.717) is 12.1 Å². The predicted octanol–water partition coefficient (Wildman–Crippen LogP) is 8.98. The van der Waals surface area contributed by atoms with Gasteiger partial charge in [0.05, 0.1) is 6.04 Å². The third-order valence-corrected chi connectivity index (χ3v) is 14.1. The Hall–Kier alpha value is -2.63. The van der Waals surface area contributed by atoms with Gasteiger partial charge < -0.3 is 4.43 Å². The lowest BCUT2D eigenvalue weighted by atomic mass is 9.92. The molecule has 3 atom stereocenters. The van der Waals surface area contributed by atoms with Crippen LogP contribution in [0.4, 0.5) is 0 Å². The van der Waals surface area contributed by atoms with Gasteiger partial charge in [0.25, 0.3) is 0 Å². The topological polar surface area (TPSA) is 15.7 Å². The number of hydrogen-bond acceptors (Lipinski definition) is 3. The molecule has 3 aromatic rings. The van der Waals surface area contributed by atoms with Crippen molar-refractivity contribution in [2.24, 2.45) is 0 Å². The Labute approximate surface area is 258 Å². The van der Waals surface area contributed by atoms with Gasteiger partial charge in [0.1, 0.15) is 13.8 Å². The second-order valence-electron chi connectivity index (χ2n) is 14.8. The van der Waals surface area contributed by atoms with Gasteiger partial charge in [-0.3, -0.25) is 9.80 Å². The van der Waals surface area contributed by atoms with Crippen molar-refractivity contribution in [2.45, 2.75) is 97.1 Å². The number of piperazine rings is 1. The molecule has 4 rings (SSSR count). The minimum absolute atomic E-state index is 0.142. The van der Waals surface area contributed by atoms with Gasteiger partial charge in [0.2, 0.25) is 8.32 Å². The number of hydrogen-bond donors (Lipinski definition) is 0. The van der Waals surface area contributed by atoms with Crippen LogP contribution in [0.3, 0.4) is 0 Å². The number of benzene rings is 3. The van der Waals surface area contributed by atoms with Crippen molar-refractivity contribution < 1.29 is 4.43 Å². The van der Waals surface area contributed by atoms with E-state index in [0.717, 1.165) is 30.9 Å². The molecule has 3 aromatic carbocycles. The fourth-order valence-corrected chi connectivity index (χ4v) is 6.94. The lowest BCUT2D eigenvalue weighted by molar-refractivity contribution is 0.0195. The van der Waals surface area contributed by atoms with Gasteiger partial charge in [0.15, 0.2) is 0 Å². The van der Waals surface area contributed by atoms with Gasteiger partial charge in [-0.15, -0.1) is 5.54 Å². The monoisotopic (exact) mass is 596 g/mol. The first-order valence-corrected chi connectivity index (χ1v) is 22.0. The van der Waals surface area contributed by atoms with E-state index in [1.54, 1.807) is 0 Å². The average molecular weight is 597 g/mol. The van der Waals surface area contributed by atoms with Crippen LogP contribution in [0.2, 0.25) is 37.8 Å². The zero-order valence-electron chi connectivity index (χ0n) is 27.7. The summed E-state index contributed by atoms with van der Waals surface area (Å²) in [6, 6.07) is 29.8. The average Bonchev–Trinajstić information content (AvgIpc) is 2.90. The fourth-order valence-electron chi connectivity index (χ4n) is 5.40. The second kappa shape index (κ2) is 12.9. The summed E-state index contributed by atoms with van der Waals surface area (Å²) in [7, 11) is -3.39. The van der Waals surface area contributed by atoms with Gasteiger partial charge in [0, 0.05) is 37.3 Å². The zero-order valence-corrected chi connectivity index (χ0v) is 29.7. The molecule has 42 heavy (non-hydrogen) atoms. The van der Waals surface area contributed by atoms with Crippen LogP contribution in [-0.4, -0.2) is 51.4 Å². The largest absolute Gasteiger partial charge is 0.543 e. The minimum Gasteiger partial charge on any atom is -0.543 e. The van der Waals surface area contributed by atoms with Crippen molar-refractivity contribution in [1.29, 1.82) is 0 Å². The summed E-state index contributed by atoms with van der Waals surface area (Å²) in [6.07, 6.45) is 0. The Balaban J connectivity index is 1.68. The van der Waals surface area contributed by atoms with E-state index in [4.69, 9.17) is 4.43 Å². The summed E-state index contributed by atoms with van der Waals surface area (Å²) in [5.41, 5.74) is 8.61. The first-order chi connectivity index (χ1) is 19.6. The van der Waals surface area contributed by atoms with Gasteiger partial charge >= 0.3 is 0 Å². The van der Waals surface area contributed by atoms with Crippen molar-refractivity contribution in [1.82, 2.24) is 9.80 Å². The van der Waals surface area contributed by atoms with Crippen molar-refractivity contribution in [3.63, 3.8) is 0 Å². The van der Waals surface area contributed by atoms with Crippen molar-refractivity contribution in [2.75, 3.05) is 13.1 Å². The SMILES string of the molecule is C[C@@H]1CN([C@H](c2ccc(C#C[Si](C)(C)C)cc2)c2cccc(O[Si](C)(C)C(C)(C)C)c2)[C@@H](C)CN1Cc1ccccc1. The first kappa shape index (κ1) is 32.3. The van der Waals surface area contributed by atoms with Gasteiger partial charge in [-0.05, 0) is 72.9 Å². The molecule has 0 aliphatic carbocycles. The van der Waals surface area contributed by atoms with Crippen LogP contribution in [-0.2, 0) is 6.54 Å². The Kier molecular flexibility index (Phi) is 9.94. The molecule has 0 bridgehead atoms. The highest BCUT2D eigenvalue weighted by molar-refractivity contribution is 6.83. The molecule has 0 spiro atoms. The lowest BCUT2D eigenvalue weighted by Gasteiger charge is -2.48. The van der Waals surface area contributed by atoms with E-state index in [9.17, 15) is 0 Å². The summed E-state index contributed by atoms with van der Waals surface area (Å²) in [5, 5.41) is 0.147. The molecule has 5 heteroatoms. The maximum absolute atomic E-state index is 6.79. The normalized spacial score (nSPS) is 19.6. The minimum atomic E-state index is -1.96. The summed E-state index contributed by atoms with van der Waals surface area (Å²) < 4.78 is 6.79. The van der Waals surface area contributed by atoms with E-state index in [1.165, 1.54) is 16.7 Å². The maximum atomic E-state index is 6.79. The Morgan fingerprint density at radius 3 is 2.10 bits per heavy atom. The zero-order chi connectivity index (χ0) is 30.7. The van der Waals surface area contributed by atoms with Crippen molar-refractivity contribution in [3.05, 3.63) is 101 Å². The predicted molar refractivity (Wildman–Crippen MR) is 185 cm³/mol. The third kappa shape index (κ3) is 8.26. The number of rotatable bonds is 7. The molecule has 0 amide bonds. The van der Waals surface area contributed by atoms with Crippen LogP contribution < -0.4 is 4.43 Å². The Morgan fingerprint density at radius 2 is 1.48 bits per heavy atom. The summed E-state index contributed by atoms with van der Waals surface area (Å²) in [5.74, 6) is 4.43. The molecule has 3 nitrogen and oxygen atoms in total. The van der Waals surface area contributed by atoms with Crippen molar-refractivity contribution in [3.8, 4) is 17.2 Å². The maximum Gasteiger partial charge on any atom is 0.250 e. The molecule has 0 aromatic heterocycles. The highest BCUT2D eigenvalue weighted by Crippen LogP contribution is 2.39. The molecule has 0 N–H and O–H groups in total. The summed E-state index contributed by atoms with van der Waals surface area (Å²) in [4.78, 5) is 5.35. The Bertz CT molecular complexity index is 1380. The molecule has 224 valence electrons. The van der Waals surface area contributed by atoms with Crippen molar-refractivity contribution >= 4 is 16.4 Å². The second-order valence-corrected chi connectivity index (χ2v) is 24.2. The quantitative estimate of drug-likeness (QED) is 0.200. The molecule has 1 heterocycles. The van der Waals surface area contributed by atoms with Gasteiger partial charge in [-0.2, -0.15) is 0 Å². The Morgan fingerprint density at radius 1 is 0.810 bits per heavy atom. The van der Waals surface area contributed by atoms with E-state index >= 15 is 0 Å². The molecule has 0 saturated carbocycles. The molecular weight excluding hydrogens is 545 g/mol. The molecule has 1 aliphatic rings. The first-order valence-electron chi connectivity index (χ1n) is 15.6. The molecule has 1 aliphatic heterocycles. The molecule has 0 radical (unpaired) electrons. The van der Waals surface area contributed by atoms with E-state index in [2.05, 4.69) is 167 Å². The van der Waals surface area contributed by atoms with Gasteiger partial charge in [-0.25, -0.2) is 0 Å². The van der Waals surface area contributed by atoms with Crippen LogP contribution in [0.15, 0.2) is 78.9 Å². The number of nitrogens with zero attached hydrogens (tertiary/aromatic N) is 2. The smallest absolute Gasteiger partial charge is 0.250 e. The van der Waals surface area contributed by atoms with E-state index < -0.39 is 16.4 Å². The highest BCUT2D eigenvalue weighted by Gasteiger charge is 2.39.